The van der Waals surface area contributed by atoms with Gasteiger partial charge in [0.05, 0.1) is 6.10 Å². The minimum atomic E-state index is -0.296. The Hall–Kier alpha value is -1.48. The monoisotopic (exact) mass is 246 g/mol. The standard InChI is InChI=1S/C15H22N2O/c1-11(18)10-16-15-9-8-14(15)12-4-6-13(7-5-12)17(2)3/h4-7,11,16,18H,8-10H2,1-3H3/t11-/m1/s1. The van der Waals surface area contributed by atoms with Gasteiger partial charge in [0.1, 0.15) is 0 Å². The topological polar surface area (TPSA) is 35.5 Å². The van der Waals surface area contributed by atoms with E-state index in [-0.39, 0.29) is 6.10 Å². The Morgan fingerprint density at radius 1 is 1.22 bits per heavy atom. The van der Waals surface area contributed by atoms with Crippen molar-refractivity contribution in [3.05, 3.63) is 35.5 Å². The first-order valence-corrected chi connectivity index (χ1v) is 6.49. The van der Waals surface area contributed by atoms with Crippen LogP contribution in [0.1, 0.15) is 25.3 Å². The number of nitrogens with one attached hydrogen (secondary N) is 1. The molecular formula is C15H22N2O. The van der Waals surface area contributed by atoms with E-state index < -0.39 is 0 Å². The zero-order chi connectivity index (χ0) is 13.1. The Bertz CT molecular complexity index is 432. The third kappa shape index (κ3) is 2.85. The summed E-state index contributed by atoms with van der Waals surface area (Å²) in [6.07, 6.45) is 1.93. The molecule has 0 bridgehead atoms. The summed E-state index contributed by atoms with van der Waals surface area (Å²) in [5.74, 6) is 0. The van der Waals surface area contributed by atoms with Crippen LogP contribution >= 0.6 is 0 Å². The van der Waals surface area contributed by atoms with Gasteiger partial charge in [0.25, 0.3) is 0 Å². The lowest BCUT2D eigenvalue weighted by Crippen LogP contribution is -2.27. The van der Waals surface area contributed by atoms with Crippen LogP contribution in [0.3, 0.4) is 0 Å². The lowest BCUT2D eigenvalue weighted by Gasteiger charge is -2.26. The molecule has 0 saturated heterocycles. The molecule has 1 aliphatic carbocycles. The summed E-state index contributed by atoms with van der Waals surface area (Å²) in [6, 6.07) is 8.64. The zero-order valence-corrected chi connectivity index (χ0v) is 11.4. The van der Waals surface area contributed by atoms with Crippen molar-refractivity contribution in [1.82, 2.24) is 5.32 Å². The number of hydrogen-bond acceptors (Lipinski definition) is 3. The van der Waals surface area contributed by atoms with Gasteiger partial charge in [-0.25, -0.2) is 0 Å². The van der Waals surface area contributed by atoms with E-state index in [9.17, 15) is 5.11 Å². The van der Waals surface area contributed by atoms with Crippen molar-refractivity contribution >= 4 is 11.3 Å². The van der Waals surface area contributed by atoms with Gasteiger partial charge < -0.3 is 15.3 Å². The summed E-state index contributed by atoms with van der Waals surface area (Å²) in [6.45, 7) is 2.44. The van der Waals surface area contributed by atoms with Crippen molar-refractivity contribution in [3.63, 3.8) is 0 Å². The second-order valence-corrected chi connectivity index (χ2v) is 5.13. The van der Waals surface area contributed by atoms with E-state index in [0.717, 1.165) is 12.8 Å². The molecule has 0 saturated carbocycles. The lowest BCUT2D eigenvalue weighted by molar-refractivity contribution is 0.194. The molecule has 0 amide bonds. The quantitative estimate of drug-likeness (QED) is 0.836. The number of rotatable bonds is 5. The third-order valence-corrected chi connectivity index (χ3v) is 3.33. The van der Waals surface area contributed by atoms with Gasteiger partial charge in [0, 0.05) is 32.0 Å². The number of benzene rings is 1. The molecule has 1 aromatic carbocycles. The van der Waals surface area contributed by atoms with Crippen LogP contribution in [0.4, 0.5) is 5.69 Å². The molecule has 1 aliphatic rings. The number of anilines is 1. The van der Waals surface area contributed by atoms with Crippen LogP contribution < -0.4 is 10.2 Å². The third-order valence-electron chi connectivity index (χ3n) is 3.33. The summed E-state index contributed by atoms with van der Waals surface area (Å²) in [4.78, 5) is 2.10. The number of hydrogen-bond donors (Lipinski definition) is 2. The summed E-state index contributed by atoms with van der Waals surface area (Å²) < 4.78 is 0. The van der Waals surface area contributed by atoms with E-state index in [1.165, 1.54) is 22.5 Å². The van der Waals surface area contributed by atoms with Gasteiger partial charge in [-0.2, -0.15) is 0 Å². The van der Waals surface area contributed by atoms with Crippen LogP contribution in [0, 0.1) is 0 Å². The normalized spacial score (nSPS) is 16.2. The molecular weight excluding hydrogens is 224 g/mol. The summed E-state index contributed by atoms with van der Waals surface area (Å²) in [7, 11) is 4.10. The van der Waals surface area contributed by atoms with Crippen LogP contribution in [0.25, 0.3) is 5.57 Å². The van der Waals surface area contributed by atoms with E-state index >= 15 is 0 Å². The average molecular weight is 246 g/mol. The Kier molecular flexibility index (Phi) is 3.92. The number of allylic oxidation sites excluding steroid dienone is 2. The SMILES string of the molecule is C[C@@H](O)CNC1=C(c2ccc(N(C)C)cc2)CC1. The van der Waals surface area contributed by atoms with Gasteiger partial charge in [0.15, 0.2) is 0 Å². The van der Waals surface area contributed by atoms with Crippen LogP contribution in [0.5, 0.6) is 0 Å². The molecule has 1 aromatic rings. The minimum absolute atomic E-state index is 0.296. The molecule has 98 valence electrons. The maximum atomic E-state index is 9.28. The molecule has 18 heavy (non-hydrogen) atoms. The Morgan fingerprint density at radius 2 is 1.89 bits per heavy atom. The smallest absolute Gasteiger partial charge is 0.0684 e. The van der Waals surface area contributed by atoms with Crippen molar-refractivity contribution in [2.75, 3.05) is 25.5 Å². The van der Waals surface area contributed by atoms with Crippen molar-refractivity contribution in [1.29, 1.82) is 0 Å². The summed E-state index contributed by atoms with van der Waals surface area (Å²) in [5, 5.41) is 12.6. The fourth-order valence-electron chi connectivity index (χ4n) is 2.12. The van der Waals surface area contributed by atoms with Crippen LogP contribution in [-0.2, 0) is 0 Å². The average Bonchev–Trinajstić information content (AvgIpc) is 2.28. The van der Waals surface area contributed by atoms with Gasteiger partial charge in [-0.3, -0.25) is 0 Å². The molecule has 2 rings (SSSR count). The lowest BCUT2D eigenvalue weighted by atomic mass is 9.88. The predicted octanol–water partition coefficient (Wildman–Crippen LogP) is 2.23. The first kappa shape index (κ1) is 13.0. The maximum absolute atomic E-state index is 9.28. The maximum Gasteiger partial charge on any atom is 0.0684 e. The second-order valence-electron chi connectivity index (χ2n) is 5.13. The van der Waals surface area contributed by atoms with Crippen LogP contribution in [0.2, 0.25) is 0 Å². The minimum Gasteiger partial charge on any atom is -0.392 e. The predicted molar refractivity (Wildman–Crippen MR) is 76.6 cm³/mol. The first-order chi connectivity index (χ1) is 8.58. The fourth-order valence-corrected chi connectivity index (χ4v) is 2.12. The molecule has 0 aromatic heterocycles. The highest BCUT2D eigenvalue weighted by Crippen LogP contribution is 2.34. The fraction of sp³-hybridized carbons (Fsp3) is 0.467. The molecule has 3 heteroatoms. The Labute approximate surface area is 109 Å². The highest BCUT2D eigenvalue weighted by Gasteiger charge is 2.18. The molecule has 2 N–H and O–H groups in total. The first-order valence-electron chi connectivity index (χ1n) is 6.49. The molecule has 0 aliphatic heterocycles. The van der Waals surface area contributed by atoms with Gasteiger partial charge in [0.2, 0.25) is 0 Å². The molecule has 0 heterocycles. The van der Waals surface area contributed by atoms with E-state index in [1.54, 1.807) is 6.92 Å². The van der Waals surface area contributed by atoms with E-state index in [4.69, 9.17) is 0 Å². The molecule has 0 spiro atoms. The molecule has 0 fully saturated rings. The molecule has 0 unspecified atom stereocenters. The zero-order valence-electron chi connectivity index (χ0n) is 11.4. The van der Waals surface area contributed by atoms with E-state index in [1.807, 2.05) is 14.1 Å². The van der Waals surface area contributed by atoms with Crippen LogP contribution in [-0.4, -0.2) is 31.9 Å². The van der Waals surface area contributed by atoms with Crippen molar-refractivity contribution in [2.24, 2.45) is 0 Å². The van der Waals surface area contributed by atoms with E-state index in [0.29, 0.717) is 6.54 Å². The Morgan fingerprint density at radius 3 is 2.33 bits per heavy atom. The molecule has 1 atom stereocenters. The van der Waals surface area contributed by atoms with Crippen molar-refractivity contribution in [2.45, 2.75) is 25.9 Å². The van der Waals surface area contributed by atoms with Gasteiger partial charge in [-0.05, 0) is 43.0 Å². The van der Waals surface area contributed by atoms with Gasteiger partial charge in [-0.15, -0.1) is 0 Å². The van der Waals surface area contributed by atoms with Gasteiger partial charge >= 0.3 is 0 Å². The number of nitrogens with zero attached hydrogens (tertiary/aromatic N) is 1. The van der Waals surface area contributed by atoms with Gasteiger partial charge in [-0.1, -0.05) is 12.1 Å². The summed E-state index contributed by atoms with van der Waals surface area (Å²) in [5.41, 5.74) is 5.19. The largest absolute Gasteiger partial charge is 0.392 e. The van der Waals surface area contributed by atoms with Crippen LogP contribution in [0.15, 0.2) is 30.0 Å². The summed E-state index contributed by atoms with van der Waals surface area (Å²) >= 11 is 0. The van der Waals surface area contributed by atoms with E-state index in [2.05, 4.69) is 34.5 Å². The highest BCUT2D eigenvalue weighted by atomic mass is 16.3. The number of aliphatic hydroxyl groups excluding tert-OH is 1. The van der Waals surface area contributed by atoms with Crippen molar-refractivity contribution in [3.8, 4) is 0 Å². The molecule has 0 radical (unpaired) electrons. The molecule has 3 nitrogen and oxygen atoms in total. The second kappa shape index (κ2) is 5.44. The highest BCUT2D eigenvalue weighted by molar-refractivity contribution is 5.74. The van der Waals surface area contributed by atoms with Crippen molar-refractivity contribution < 1.29 is 5.11 Å². The number of aliphatic hydroxyl groups is 1. The Balaban J connectivity index is 2.09.